The molecule has 1 aliphatic heterocycles. The highest BCUT2D eigenvalue weighted by Gasteiger charge is 2.24. The Bertz CT molecular complexity index is 158. The standard InChI is InChI=1S/C11H20O3/c12-9-3-5-10(6-4-9)14-11-2-1-7-13-8-11/h9-12H,1-8H2. The Balaban J connectivity index is 1.68. The Kier molecular flexibility index (Phi) is 3.79. The highest BCUT2D eigenvalue weighted by atomic mass is 16.5. The summed E-state index contributed by atoms with van der Waals surface area (Å²) in [6.45, 7) is 1.66. The third kappa shape index (κ3) is 2.94. The molecule has 1 saturated heterocycles. The van der Waals surface area contributed by atoms with Crippen LogP contribution in [0.5, 0.6) is 0 Å². The zero-order valence-electron chi connectivity index (χ0n) is 8.65. The van der Waals surface area contributed by atoms with Gasteiger partial charge in [-0.25, -0.2) is 0 Å². The van der Waals surface area contributed by atoms with Gasteiger partial charge in [0.05, 0.1) is 24.9 Å². The molecule has 14 heavy (non-hydrogen) atoms. The highest BCUT2D eigenvalue weighted by Crippen LogP contribution is 2.24. The SMILES string of the molecule is OC1CCC(OC2CCCOC2)CC1. The van der Waals surface area contributed by atoms with E-state index in [-0.39, 0.29) is 6.10 Å². The maximum atomic E-state index is 9.35. The molecule has 0 aromatic carbocycles. The molecule has 0 aromatic rings. The summed E-state index contributed by atoms with van der Waals surface area (Å²) in [6.07, 6.45) is 6.68. The monoisotopic (exact) mass is 200 g/mol. The van der Waals surface area contributed by atoms with E-state index in [4.69, 9.17) is 9.47 Å². The summed E-state index contributed by atoms with van der Waals surface area (Å²) in [4.78, 5) is 0. The van der Waals surface area contributed by atoms with Crippen molar-refractivity contribution >= 4 is 0 Å². The highest BCUT2D eigenvalue weighted by molar-refractivity contribution is 4.74. The van der Waals surface area contributed by atoms with Crippen molar-refractivity contribution in [1.29, 1.82) is 0 Å². The molecule has 1 unspecified atom stereocenters. The maximum absolute atomic E-state index is 9.35. The van der Waals surface area contributed by atoms with Gasteiger partial charge in [0.15, 0.2) is 0 Å². The lowest BCUT2D eigenvalue weighted by molar-refractivity contribution is -0.100. The molecule has 1 saturated carbocycles. The molecular weight excluding hydrogens is 180 g/mol. The molecule has 1 N–H and O–H groups in total. The van der Waals surface area contributed by atoms with Gasteiger partial charge in [0, 0.05) is 6.61 Å². The van der Waals surface area contributed by atoms with Crippen molar-refractivity contribution in [3.8, 4) is 0 Å². The fraction of sp³-hybridized carbons (Fsp3) is 1.00. The van der Waals surface area contributed by atoms with Crippen LogP contribution in [0.3, 0.4) is 0 Å². The predicted octanol–water partition coefficient (Wildman–Crippen LogP) is 1.49. The van der Waals surface area contributed by atoms with E-state index in [1.807, 2.05) is 0 Å². The first-order valence-corrected chi connectivity index (χ1v) is 5.76. The fourth-order valence-corrected chi connectivity index (χ4v) is 2.27. The van der Waals surface area contributed by atoms with Crippen LogP contribution in [0.4, 0.5) is 0 Å². The van der Waals surface area contributed by atoms with Gasteiger partial charge < -0.3 is 14.6 Å². The lowest BCUT2D eigenvalue weighted by Crippen LogP contribution is -2.33. The van der Waals surface area contributed by atoms with Crippen LogP contribution in [0.15, 0.2) is 0 Å². The van der Waals surface area contributed by atoms with Crippen LogP contribution < -0.4 is 0 Å². The van der Waals surface area contributed by atoms with Crippen LogP contribution in [-0.4, -0.2) is 36.6 Å². The molecule has 2 rings (SSSR count). The molecule has 0 aromatic heterocycles. The number of hydrogen-bond acceptors (Lipinski definition) is 3. The van der Waals surface area contributed by atoms with Gasteiger partial charge in [-0.15, -0.1) is 0 Å². The smallest absolute Gasteiger partial charge is 0.0813 e. The van der Waals surface area contributed by atoms with Crippen LogP contribution in [0.2, 0.25) is 0 Å². The van der Waals surface area contributed by atoms with Gasteiger partial charge in [-0.05, 0) is 38.5 Å². The zero-order chi connectivity index (χ0) is 9.80. The predicted molar refractivity (Wildman–Crippen MR) is 53.2 cm³/mol. The summed E-state index contributed by atoms with van der Waals surface area (Å²) in [5.74, 6) is 0. The van der Waals surface area contributed by atoms with Gasteiger partial charge in [0.1, 0.15) is 0 Å². The van der Waals surface area contributed by atoms with Crippen molar-refractivity contribution in [2.75, 3.05) is 13.2 Å². The number of rotatable bonds is 2. The summed E-state index contributed by atoms with van der Waals surface area (Å²) in [5, 5.41) is 9.35. The van der Waals surface area contributed by atoms with E-state index in [2.05, 4.69) is 0 Å². The first-order chi connectivity index (χ1) is 6.84. The van der Waals surface area contributed by atoms with Gasteiger partial charge in [-0.2, -0.15) is 0 Å². The largest absolute Gasteiger partial charge is 0.393 e. The first kappa shape index (κ1) is 10.4. The molecule has 2 fully saturated rings. The number of hydrogen-bond donors (Lipinski definition) is 1. The number of ether oxygens (including phenoxy) is 2. The molecule has 1 atom stereocenters. The average Bonchev–Trinajstić information content (AvgIpc) is 2.23. The van der Waals surface area contributed by atoms with Gasteiger partial charge in [0.25, 0.3) is 0 Å². The summed E-state index contributed by atoms with van der Waals surface area (Å²) < 4.78 is 11.3. The Hall–Kier alpha value is -0.120. The Morgan fingerprint density at radius 1 is 1.00 bits per heavy atom. The molecule has 0 spiro atoms. The minimum absolute atomic E-state index is 0.0857. The van der Waals surface area contributed by atoms with E-state index < -0.39 is 0 Å². The van der Waals surface area contributed by atoms with Crippen LogP contribution in [-0.2, 0) is 9.47 Å². The molecule has 1 aliphatic carbocycles. The molecule has 3 nitrogen and oxygen atoms in total. The summed E-state index contributed by atoms with van der Waals surface area (Å²) >= 11 is 0. The van der Waals surface area contributed by atoms with Crippen LogP contribution >= 0.6 is 0 Å². The van der Waals surface area contributed by atoms with Crippen molar-refractivity contribution in [3.63, 3.8) is 0 Å². The second kappa shape index (κ2) is 5.10. The summed E-state index contributed by atoms with van der Waals surface area (Å²) in [7, 11) is 0. The third-order valence-corrected chi connectivity index (χ3v) is 3.15. The molecule has 0 bridgehead atoms. The second-order valence-corrected chi connectivity index (χ2v) is 4.41. The molecular formula is C11H20O3. The molecule has 2 aliphatic rings. The third-order valence-electron chi connectivity index (χ3n) is 3.15. The van der Waals surface area contributed by atoms with Crippen LogP contribution in [0.1, 0.15) is 38.5 Å². The van der Waals surface area contributed by atoms with Gasteiger partial charge in [-0.3, -0.25) is 0 Å². The Morgan fingerprint density at radius 3 is 2.43 bits per heavy atom. The Morgan fingerprint density at radius 2 is 1.79 bits per heavy atom. The average molecular weight is 200 g/mol. The minimum atomic E-state index is -0.0857. The van der Waals surface area contributed by atoms with E-state index in [1.54, 1.807) is 0 Å². The molecule has 0 radical (unpaired) electrons. The molecule has 82 valence electrons. The summed E-state index contributed by atoms with van der Waals surface area (Å²) in [5.41, 5.74) is 0. The molecule has 0 amide bonds. The van der Waals surface area contributed by atoms with Crippen molar-refractivity contribution in [2.45, 2.75) is 56.8 Å². The molecule has 1 heterocycles. The van der Waals surface area contributed by atoms with Crippen molar-refractivity contribution in [2.24, 2.45) is 0 Å². The topological polar surface area (TPSA) is 38.7 Å². The van der Waals surface area contributed by atoms with E-state index in [9.17, 15) is 5.11 Å². The zero-order valence-corrected chi connectivity index (χ0v) is 8.65. The summed E-state index contributed by atoms with van der Waals surface area (Å²) in [6, 6.07) is 0. The van der Waals surface area contributed by atoms with Crippen molar-refractivity contribution in [3.05, 3.63) is 0 Å². The lowest BCUT2D eigenvalue weighted by atomic mass is 9.95. The number of aliphatic hydroxyl groups excluding tert-OH is 1. The Labute approximate surface area is 85.4 Å². The van der Waals surface area contributed by atoms with Crippen molar-refractivity contribution in [1.82, 2.24) is 0 Å². The molecule has 3 heteroatoms. The van der Waals surface area contributed by atoms with Gasteiger partial charge in [0.2, 0.25) is 0 Å². The van der Waals surface area contributed by atoms with E-state index >= 15 is 0 Å². The van der Waals surface area contributed by atoms with E-state index in [1.165, 1.54) is 0 Å². The normalized spacial score (nSPS) is 39.6. The second-order valence-electron chi connectivity index (χ2n) is 4.41. The number of aliphatic hydroxyl groups is 1. The van der Waals surface area contributed by atoms with Crippen LogP contribution in [0, 0.1) is 0 Å². The van der Waals surface area contributed by atoms with Crippen molar-refractivity contribution < 1.29 is 14.6 Å². The van der Waals surface area contributed by atoms with E-state index in [0.717, 1.165) is 51.7 Å². The minimum Gasteiger partial charge on any atom is -0.393 e. The van der Waals surface area contributed by atoms with Crippen LogP contribution in [0.25, 0.3) is 0 Å². The first-order valence-electron chi connectivity index (χ1n) is 5.76. The lowest BCUT2D eigenvalue weighted by Gasteiger charge is -2.31. The van der Waals surface area contributed by atoms with E-state index in [0.29, 0.717) is 12.2 Å². The van der Waals surface area contributed by atoms with Gasteiger partial charge >= 0.3 is 0 Å². The fourth-order valence-electron chi connectivity index (χ4n) is 2.27. The van der Waals surface area contributed by atoms with Gasteiger partial charge in [-0.1, -0.05) is 0 Å². The maximum Gasteiger partial charge on any atom is 0.0813 e. The quantitative estimate of drug-likeness (QED) is 0.734.